The Balaban J connectivity index is 1.68. The van der Waals surface area contributed by atoms with Gasteiger partial charge in [-0.15, -0.1) is 0 Å². The van der Waals surface area contributed by atoms with Crippen LogP contribution in [-0.2, 0) is 6.18 Å². The standard InChI is InChI=1S/C21H11Cl2F3N2O2/c22-11-5-8-18-17(9-11)28-20(30-18)14-10-12(6-7-16(14)23)27-19(29)13-3-1-2-4-15(13)21(24,25)26/h1-10H,(H,27,29). The quantitative estimate of drug-likeness (QED) is 0.363. The molecular formula is C21H11Cl2F3N2O2. The predicted molar refractivity (Wildman–Crippen MR) is 109 cm³/mol. The van der Waals surface area contributed by atoms with Crippen LogP contribution in [0.4, 0.5) is 18.9 Å². The molecule has 4 rings (SSSR count). The van der Waals surface area contributed by atoms with Gasteiger partial charge in [0.15, 0.2) is 5.58 Å². The summed E-state index contributed by atoms with van der Waals surface area (Å²) in [5, 5.41) is 3.24. The van der Waals surface area contributed by atoms with Gasteiger partial charge in [-0.05, 0) is 48.5 Å². The SMILES string of the molecule is O=C(Nc1ccc(Cl)c(-c2nc3cc(Cl)ccc3o2)c1)c1ccccc1C(F)(F)F. The number of amides is 1. The minimum Gasteiger partial charge on any atom is -0.436 e. The lowest BCUT2D eigenvalue weighted by Gasteiger charge is -2.13. The summed E-state index contributed by atoms with van der Waals surface area (Å²) in [5.74, 6) is -0.718. The first-order valence-corrected chi connectivity index (χ1v) is 9.31. The summed E-state index contributed by atoms with van der Waals surface area (Å²) in [7, 11) is 0. The number of oxazole rings is 1. The molecule has 1 N–H and O–H groups in total. The number of fused-ring (bicyclic) bond motifs is 1. The molecule has 0 saturated carbocycles. The first-order chi connectivity index (χ1) is 14.2. The third-order valence-electron chi connectivity index (χ3n) is 4.28. The van der Waals surface area contributed by atoms with Crippen molar-refractivity contribution < 1.29 is 22.4 Å². The molecule has 1 heterocycles. The largest absolute Gasteiger partial charge is 0.436 e. The van der Waals surface area contributed by atoms with Gasteiger partial charge in [-0.2, -0.15) is 13.2 Å². The van der Waals surface area contributed by atoms with Crippen LogP contribution in [-0.4, -0.2) is 10.9 Å². The van der Waals surface area contributed by atoms with E-state index in [0.717, 1.165) is 12.1 Å². The molecule has 0 unspecified atom stereocenters. The van der Waals surface area contributed by atoms with Crippen LogP contribution in [0.3, 0.4) is 0 Å². The Morgan fingerprint density at radius 3 is 2.53 bits per heavy atom. The maximum absolute atomic E-state index is 13.2. The molecule has 0 atom stereocenters. The first-order valence-electron chi connectivity index (χ1n) is 8.56. The molecule has 9 heteroatoms. The monoisotopic (exact) mass is 450 g/mol. The lowest BCUT2D eigenvalue weighted by Crippen LogP contribution is -2.18. The molecule has 4 nitrogen and oxygen atoms in total. The van der Waals surface area contributed by atoms with Gasteiger partial charge in [-0.1, -0.05) is 35.3 Å². The lowest BCUT2D eigenvalue weighted by molar-refractivity contribution is -0.137. The summed E-state index contributed by atoms with van der Waals surface area (Å²) in [6, 6.07) is 13.9. The van der Waals surface area contributed by atoms with Gasteiger partial charge in [0, 0.05) is 10.7 Å². The van der Waals surface area contributed by atoms with Gasteiger partial charge in [0.1, 0.15) is 5.52 Å². The Labute approximate surface area is 178 Å². The van der Waals surface area contributed by atoms with E-state index in [0.29, 0.717) is 26.7 Å². The van der Waals surface area contributed by atoms with E-state index in [9.17, 15) is 18.0 Å². The Hall–Kier alpha value is -3.03. The zero-order valence-electron chi connectivity index (χ0n) is 14.9. The average molecular weight is 451 g/mol. The van der Waals surface area contributed by atoms with Crippen LogP contribution < -0.4 is 5.32 Å². The molecule has 0 saturated heterocycles. The number of benzene rings is 3. The van der Waals surface area contributed by atoms with Gasteiger partial charge in [-0.25, -0.2) is 4.98 Å². The van der Waals surface area contributed by atoms with Gasteiger partial charge < -0.3 is 9.73 Å². The molecule has 4 aromatic rings. The molecule has 1 amide bonds. The van der Waals surface area contributed by atoms with Crippen molar-refractivity contribution in [2.24, 2.45) is 0 Å². The molecule has 0 bridgehead atoms. The number of nitrogens with zero attached hydrogens (tertiary/aromatic N) is 1. The molecule has 152 valence electrons. The van der Waals surface area contributed by atoms with Gasteiger partial charge >= 0.3 is 6.18 Å². The van der Waals surface area contributed by atoms with E-state index >= 15 is 0 Å². The summed E-state index contributed by atoms with van der Waals surface area (Å²) in [6.07, 6.45) is -4.65. The predicted octanol–water partition coefficient (Wildman–Crippen LogP) is 7.07. The number of anilines is 1. The van der Waals surface area contributed by atoms with Gasteiger partial charge in [0.05, 0.1) is 21.7 Å². The summed E-state index contributed by atoms with van der Waals surface area (Å²) >= 11 is 12.2. The summed E-state index contributed by atoms with van der Waals surface area (Å²) in [6.45, 7) is 0. The van der Waals surface area contributed by atoms with Crippen molar-refractivity contribution in [3.05, 3.63) is 81.8 Å². The number of carbonyl (C=O) groups is 1. The highest BCUT2D eigenvalue weighted by Gasteiger charge is 2.34. The van der Waals surface area contributed by atoms with E-state index in [1.165, 1.54) is 30.3 Å². The van der Waals surface area contributed by atoms with Crippen molar-refractivity contribution in [2.45, 2.75) is 6.18 Å². The van der Waals surface area contributed by atoms with Crippen LogP contribution in [0, 0.1) is 0 Å². The highest BCUT2D eigenvalue weighted by molar-refractivity contribution is 6.33. The third-order valence-corrected chi connectivity index (χ3v) is 4.85. The Kier molecular flexibility index (Phi) is 5.17. The molecule has 0 radical (unpaired) electrons. The fraction of sp³-hybridized carbons (Fsp3) is 0.0476. The average Bonchev–Trinajstić information content (AvgIpc) is 3.11. The van der Waals surface area contributed by atoms with Crippen molar-refractivity contribution >= 4 is 45.9 Å². The summed E-state index contributed by atoms with van der Waals surface area (Å²) < 4.78 is 45.2. The van der Waals surface area contributed by atoms with Gasteiger partial charge in [-0.3, -0.25) is 4.79 Å². The van der Waals surface area contributed by atoms with Crippen LogP contribution in [0.25, 0.3) is 22.6 Å². The fourth-order valence-electron chi connectivity index (χ4n) is 2.91. The smallest absolute Gasteiger partial charge is 0.417 e. The van der Waals surface area contributed by atoms with E-state index in [2.05, 4.69) is 10.3 Å². The zero-order valence-corrected chi connectivity index (χ0v) is 16.4. The minimum absolute atomic E-state index is 0.184. The molecule has 0 spiro atoms. The van der Waals surface area contributed by atoms with Crippen molar-refractivity contribution in [3.63, 3.8) is 0 Å². The number of hydrogen-bond acceptors (Lipinski definition) is 3. The third kappa shape index (κ3) is 3.99. The highest BCUT2D eigenvalue weighted by Crippen LogP contribution is 2.34. The molecule has 0 fully saturated rings. The Morgan fingerprint density at radius 2 is 1.77 bits per heavy atom. The molecule has 0 aliphatic heterocycles. The number of alkyl halides is 3. The second-order valence-electron chi connectivity index (χ2n) is 6.32. The van der Waals surface area contributed by atoms with Crippen molar-refractivity contribution in [1.82, 2.24) is 4.98 Å². The van der Waals surface area contributed by atoms with Crippen molar-refractivity contribution in [1.29, 1.82) is 0 Å². The topological polar surface area (TPSA) is 55.1 Å². The summed E-state index contributed by atoms with van der Waals surface area (Å²) in [5.41, 5.74) is 0.0919. The Bertz CT molecular complexity index is 1270. The second kappa shape index (κ2) is 7.66. The summed E-state index contributed by atoms with van der Waals surface area (Å²) in [4.78, 5) is 16.8. The van der Waals surface area contributed by atoms with Crippen molar-refractivity contribution in [2.75, 3.05) is 5.32 Å². The molecule has 0 aliphatic carbocycles. The van der Waals surface area contributed by atoms with E-state index in [-0.39, 0.29) is 11.6 Å². The number of rotatable bonds is 3. The molecule has 1 aromatic heterocycles. The second-order valence-corrected chi connectivity index (χ2v) is 7.17. The number of hydrogen-bond donors (Lipinski definition) is 1. The normalized spacial score (nSPS) is 11.6. The number of aromatic nitrogens is 1. The van der Waals surface area contributed by atoms with Gasteiger partial charge in [0.2, 0.25) is 5.89 Å². The molecular weight excluding hydrogens is 440 g/mol. The van der Waals surface area contributed by atoms with Crippen molar-refractivity contribution in [3.8, 4) is 11.5 Å². The van der Waals surface area contributed by atoms with E-state index < -0.39 is 23.2 Å². The van der Waals surface area contributed by atoms with Crippen LogP contribution >= 0.6 is 23.2 Å². The number of carbonyl (C=O) groups excluding carboxylic acids is 1. The van der Waals surface area contributed by atoms with E-state index in [1.807, 2.05) is 0 Å². The molecule has 30 heavy (non-hydrogen) atoms. The Morgan fingerprint density at radius 1 is 1.00 bits per heavy atom. The van der Waals surface area contributed by atoms with Crippen LogP contribution in [0.5, 0.6) is 0 Å². The zero-order chi connectivity index (χ0) is 21.5. The maximum atomic E-state index is 13.2. The van der Waals surface area contributed by atoms with Crippen LogP contribution in [0.1, 0.15) is 15.9 Å². The van der Waals surface area contributed by atoms with Gasteiger partial charge in [0.25, 0.3) is 5.91 Å². The van der Waals surface area contributed by atoms with E-state index in [1.54, 1.807) is 18.2 Å². The minimum atomic E-state index is -4.65. The fourth-order valence-corrected chi connectivity index (χ4v) is 3.27. The molecule has 3 aromatic carbocycles. The lowest BCUT2D eigenvalue weighted by atomic mass is 10.1. The maximum Gasteiger partial charge on any atom is 0.417 e. The number of nitrogens with one attached hydrogen (secondary N) is 1. The number of halogens is 5. The van der Waals surface area contributed by atoms with E-state index in [4.69, 9.17) is 27.6 Å². The van der Waals surface area contributed by atoms with Crippen LogP contribution in [0.15, 0.2) is 65.1 Å². The first kappa shape index (κ1) is 20.3. The highest BCUT2D eigenvalue weighted by atomic mass is 35.5. The molecule has 0 aliphatic rings. The van der Waals surface area contributed by atoms with Crippen LogP contribution in [0.2, 0.25) is 10.0 Å².